The van der Waals surface area contributed by atoms with Crippen molar-refractivity contribution in [1.29, 1.82) is 0 Å². The summed E-state index contributed by atoms with van der Waals surface area (Å²) in [6, 6.07) is 3.30. The number of aromatic hydroxyl groups is 1. The Bertz CT molecular complexity index is 440. The smallest absolute Gasteiger partial charge is 0.330 e. The molecule has 0 amide bonds. The molecule has 17 heavy (non-hydrogen) atoms. The number of carbonyl (C=O) groups is 1. The quantitative estimate of drug-likeness (QED) is 0.686. The van der Waals surface area contributed by atoms with Crippen molar-refractivity contribution in [3.63, 3.8) is 0 Å². The molecule has 0 saturated heterocycles. The van der Waals surface area contributed by atoms with Crippen LogP contribution < -0.4 is 4.74 Å². The molecule has 0 aliphatic carbocycles. The van der Waals surface area contributed by atoms with E-state index in [1.54, 1.807) is 25.1 Å². The number of benzene rings is 1. The van der Waals surface area contributed by atoms with Crippen molar-refractivity contribution in [2.24, 2.45) is 0 Å². The standard InChI is InChI=1S/C12H13BrO4/c1-3-17-11(14)5-4-8-6-9(13)12(15)10(7-8)16-2/h4-7,15H,3H2,1-2H3. The third kappa shape index (κ3) is 3.78. The van der Waals surface area contributed by atoms with Gasteiger partial charge in [-0.15, -0.1) is 0 Å². The summed E-state index contributed by atoms with van der Waals surface area (Å²) in [7, 11) is 1.46. The molecule has 0 unspecified atom stereocenters. The highest BCUT2D eigenvalue weighted by atomic mass is 79.9. The number of phenolic OH excluding ortho intramolecular Hbond substituents is 1. The highest BCUT2D eigenvalue weighted by Crippen LogP contribution is 2.35. The predicted octanol–water partition coefficient (Wildman–Crippen LogP) is 2.74. The second kappa shape index (κ2) is 6.30. The lowest BCUT2D eigenvalue weighted by atomic mass is 10.2. The fourth-order valence-corrected chi connectivity index (χ4v) is 1.66. The molecule has 0 aliphatic heterocycles. The highest BCUT2D eigenvalue weighted by Gasteiger charge is 2.07. The van der Waals surface area contributed by atoms with Crippen LogP contribution in [0.5, 0.6) is 11.5 Å². The molecule has 0 saturated carbocycles. The monoisotopic (exact) mass is 300 g/mol. The second-order valence-electron chi connectivity index (χ2n) is 3.14. The Balaban J connectivity index is 2.92. The summed E-state index contributed by atoms with van der Waals surface area (Å²) >= 11 is 3.20. The highest BCUT2D eigenvalue weighted by molar-refractivity contribution is 9.10. The molecule has 0 aliphatic rings. The van der Waals surface area contributed by atoms with Gasteiger partial charge in [0.05, 0.1) is 18.2 Å². The van der Waals surface area contributed by atoms with E-state index in [-0.39, 0.29) is 5.75 Å². The molecule has 1 aromatic rings. The van der Waals surface area contributed by atoms with Crippen LogP contribution in [0.2, 0.25) is 0 Å². The van der Waals surface area contributed by atoms with E-state index in [9.17, 15) is 9.90 Å². The SMILES string of the molecule is CCOC(=O)C=Cc1cc(Br)c(O)c(OC)c1. The minimum absolute atomic E-state index is 0.0285. The van der Waals surface area contributed by atoms with Crippen molar-refractivity contribution in [3.8, 4) is 11.5 Å². The number of rotatable bonds is 4. The molecule has 0 bridgehead atoms. The number of methoxy groups -OCH3 is 1. The Hall–Kier alpha value is -1.49. The van der Waals surface area contributed by atoms with Gasteiger partial charge in [0.15, 0.2) is 11.5 Å². The Labute approximate surface area is 108 Å². The molecule has 1 aromatic carbocycles. The fourth-order valence-electron chi connectivity index (χ4n) is 1.20. The molecule has 92 valence electrons. The molecule has 0 spiro atoms. The van der Waals surface area contributed by atoms with Crippen LogP contribution in [0.1, 0.15) is 12.5 Å². The van der Waals surface area contributed by atoms with Crippen molar-refractivity contribution in [3.05, 3.63) is 28.2 Å². The number of ether oxygens (including phenoxy) is 2. The van der Waals surface area contributed by atoms with Crippen molar-refractivity contribution in [1.82, 2.24) is 0 Å². The average molecular weight is 301 g/mol. The van der Waals surface area contributed by atoms with Crippen LogP contribution in [0.25, 0.3) is 6.08 Å². The third-order valence-corrected chi connectivity index (χ3v) is 2.57. The first-order valence-electron chi connectivity index (χ1n) is 4.99. The van der Waals surface area contributed by atoms with Crippen LogP contribution in [-0.2, 0) is 9.53 Å². The van der Waals surface area contributed by atoms with Gasteiger partial charge < -0.3 is 14.6 Å². The van der Waals surface area contributed by atoms with E-state index in [0.29, 0.717) is 16.8 Å². The van der Waals surface area contributed by atoms with Crippen LogP contribution in [0.3, 0.4) is 0 Å². The molecule has 1 N–H and O–H groups in total. The molecule has 0 radical (unpaired) electrons. The number of hydrogen-bond donors (Lipinski definition) is 1. The van der Waals surface area contributed by atoms with Gasteiger partial charge >= 0.3 is 5.97 Å². The molecular weight excluding hydrogens is 288 g/mol. The minimum atomic E-state index is -0.407. The Morgan fingerprint density at radius 2 is 2.24 bits per heavy atom. The van der Waals surface area contributed by atoms with Gasteiger partial charge in [0, 0.05) is 6.08 Å². The lowest BCUT2D eigenvalue weighted by molar-refractivity contribution is -0.137. The van der Waals surface area contributed by atoms with E-state index >= 15 is 0 Å². The summed E-state index contributed by atoms with van der Waals surface area (Å²) in [4.78, 5) is 11.1. The van der Waals surface area contributed by atoms with Crippen LogP contribution in [0, 0.1) is 0 Å². The van der Waals surface area contributed by atoms with Gasteiger partial charge in [0.2, 0.25) is 0 Å². The third-order valence-electron chi connectivity index (χ3n) is 1.97. The number of hydrogen-bond acceptors (Lipinski definition) is 4. The van der Waals surface area contributed by atoms with Gasteiger partial charge in [-0.05, 0) is 46.6 Å². The van der Waals surface area contributed by atoms with Crippen LogP contribution >= 0.6 is 15.9 Å². The zero-order valence-electron chi connectivity index (χ0n) is 9.57. The summed E-state index contributed by atoms with van der Waals surface area (Å²) in [6.07, 6.45) is 2.91. The lowest BCUT2D eigenvalue weighted by Crippen LogP contribution is -1.98. The summed E-state index contributed by atoms with van der Waals surface area (Å²) in [5.41, 5.74) is 0.722. The first kappa shape index (κ1) is 13.6. The fraction of sp³-hybridized carbons (Fsp3) is 0.250. The Morgan fingerprint density at radius 1 is 1.53 bits per heavy atom. The zero-order chi connectivity index (χ0) is 12.8. The number of phenols is 1. The number of esters is 1. The summed E-state index contributed by atoms with van der Waals surface area (Å²) in [6.45, 7) is 2.08. The molecule has 1 rings (SSSR count). The van der Waals surface area contributed by atoms with Gasteiger partial charge in [-0.2, -0.15) is 0 Å². The molecular formula is C12H13BrO4. The van der Waals surface area contributed by atoms with Gasteiger partial charge in [-0.25, -0.2) is 4.79 Å². The maximum atomic E-state index is 11.1. The van der Waals surface area contributed by atoms with E-state index < -0.39 is 5.97 Å². The van der Waals surface area contributed by atoms with Gasteiger partial charge in [-0.1, -0.05) is 0 Å². The van der Waals surface area contributed by atoms with Gasteiger partial charge in [0.25, 0.3) is 0 Å². The van der Waals surface area contributed by atoms with E-state index in [4.69, 9.17) is 9.47 Å². The van der Waals surface area contributed by atoms with E-state index in [0.717, 1.165) is 5.56 Å². The van der Waals surface area contributed by atoms with Gasteiger partial charge in [-0.3, -0.25) is 0 Å². The van der Waals surface area contributed by atoms with Crippen molar-refractivity contribution >= 4 is 28.0 Å². The number of carbonyl (C=O) groups excluding carboxylic acids is 1. The van der Waals surface area contributed by atoms with Crippen LogP contribution in [0.15, 0.2) is 22.7 Å². The largest absolute Gasteiger partial charge is 0.503 e. The second-order valence-corrected chi connectivity index (χ2v) is 3.99. The summed E-state index contributed by atoms with van der Waals surface area (Å²) < 4.78 is 10.2. The molecule has 0 heterocycles. The average Bonchev–Trinajstić information content (AvgIpc) is 2.31. The molecule has 4 nitrogen and oxygen atoms in total. The normalized spacial score (nSPS) is 10.5. The van der Waals surface area contributed by atoms with Crippen LogP contribution in [-0.4, -0.2) is 24.8 Å². The first-order chi connectivity index (χ1) is 8.08. The molecule has 5 heteroatoms. The zero-order valence-corrected chi connectivity index (χ0v) is 11.2. The van der Waals surface area contributed by atoms with E-state index in [1.165, 1.54) is 13.2 Å². The van der Waals surface area contributed by atoms with E-state index in [2.05, 4.69) is 15.9 Å². The van der Waals surface area contributed by atoms with Crippen molar-refractivity contribution in [2.45, 2.75) is 6.92 Å². The predicted molar refractivity (Wildman–Crippen MR) is 68.0 cm³/mol. The summed E-state index contributed by atoms with van der Waals surface area (Å²) in [5, 5.41) is 9.60. The Kier molecular flexibility index (Phi) is 5.03. The molecule has 0 fully saturated rings. The van der Waals surface area contributed by atoms with Crippen molar-refractivity contribution in [2.75, 3.05) is 13.7 Å². The summed E-state index contributed by atoms with van der Waals surface area (Å²) in [5.74, 6) is -0.0423. The van der Waals surface area contributed by atoms with Gasteiger partial charge in [0.1, 0.15) is 0 Å². The lowest BCUT2D eigenvalue weighted by Gasteiger charge is -2.06. The maximum absolute atomic E-state index is 11.1. The van der Waals surface area contributed by atoms with Crippen molar-refractivity contribution < 1.29 is 19.4 Å². The van der Waals surface area contributed by atoms with Crippen LogP contribution in [0.4, 0.5) is 0 Å². The topological polar surface area (TPSA) is 55.8 Å². The maximum Gasteiger partial charge on any atom is 0.330 e. The number of halogens is 1. The molecule has 0 atom stereocenters. The first-order valence-corrected chi connectivity index (χ1v) is 5.79. The Morgan fingerprint density at radius 3 is 2.82 bits per heavy atom. The van der Waals surface area contributed by atoms with E-state index in [1.807, 2.05) is 0 Å². The molecule has 0 aromatic heterocycles. The minimum Gasteiger partial charge on any atom is -0.503 e.